The summed E-state index contributed by atoms with van der Waals surface area (Å²) in [6, 6.07) is 27.4. The van der Waals surface area contributed by atoms with Crippen LogP contribution in [0, 0.1) is 0 Å². The van der Waals surface area contributed by atoms with E-state index in [1.54, 1.807) is 37.4 Å². The minimum atomic E-state index is -1.69. The van der Waals surface area contributed by atoms with E-state index in [4.69, 9.17) is 14.2 Å². The van der Waals surface area contributed by atoms with E-state index in [1.165, 1.54) is 0 Å². The number of hydrogen-bond donors (Lipinski definition) is 2. The normalized spacial score (nSPS) is 16.5. The van der Waals surface area contributed by atoms with Gasteiger partial charge in [-0.1, -0.05) is 54.6 Å². The number of para-hydroxylation sites is 2. The number of rotatable bonds is 5. The summed E-state index contributed by atoms with van der Waals surface area (Å²) in [4.78, 5) is 0. The van der Waals surface area contributed by atoms with Crippen molar-refractivity contribution in [2.24, 2.45) is 0 Å². The van der Waals surface area contributed by atoms with Crippen molar-refractivity contribution in [2.75, 3.05) is 7.11 Å². The summed E-state index contributed by atoms with van der Waals surface area (Å²) in [5.74, 6) is 2.51. The zero-order valence-electron chi connectivity index (χ0n) is 17.5. The summed E-state index contributed by atoms with van der Waals surface area (Å²) in [6.07, 6.45) is 0. The van der Waals surface area contributed by atoms with Gasteiger partial charge in [-0.2, -0.15) is 0 Å². The second-order valence-electron chi connectivity index (χ2n) is 7.51. The highest BCUT2D eigenvalue weighted by molar-refractivity contribution is 5.68. The number of fused-ring (bicyclic) bond motifs is 2. The molecular formula is C27H22O5. The molecule has 160 valence electrons. The Morgan fingerprint density at radius 3 is 2.22 bits per heavy atom. The van der Waals surface area contributed by atoms with Gasteiger partial charge in [-0.3, -0.25) is 0 Å². The molecule has 4 aromatic carbocycles. The Morgan fingerprint density at radius 1 is 0.750 bits per heavy atom. The second-order valence-corrected chi connectivity index (χ2v) is 7.51. The first kappa shape index (κ1) is 20.1. The average molecular weight is 426 g/mol. The van der Waals surface area contributed by atoms with Crippen molar-refractivity contribution in [2.45, 2.75) is 12.2 Å². The minimum absolute atomic E-state index is 0.263. The molecule has 0 amide bonds. The molecule has 1 unspecified atom stereocenters. The highest BCUT2D eigenvalue weighted by atomic mass is 16.5. The molecule has 1 aliphatic rings. The van der Waals surface area contributed by atoms with Crippen LogP contribution in [0.25, 0.3) is 0 Å². The summed E-state index contributed by atoms with van der Waals surface area (Å²) in [5.41, 5.74) is 0.292. The third-order valence-electron chi connectivity index (χ3n) is 5.68. The van der Waals surface area contributed by atoms with E-state index in [0.29, 0.717) is 51.0 Å². The first-order valence-electron chi connectivity index (χ1n) is 10.3. The molecule has 0 saturated carbocycles. The summed E-state index contributed by atoms with van der Waals surface area (Å²) >= 11 is 0. The molecule has 5 rings (SSSR count). The van der Waals surface area contributed by atoms with Crippen LogP contribution in [0.15, 0.2) is 91.0 Å². The maximum Gasteiger partial charge on any atom is 0.155 e. The molecule has 0 fully saturated rings. The smallest absolute Gasteiger partial charge is 0.155 e. The Bertz CT molecular complexity index is 1270. The average Bonchev–Trinajstić information content (AvgIpc) is 2.84. The van der Waals surface area contributed by atoms with Gasteiger partial charge >= 0.3 is 0 Å². The van der Waals surface area contributed by atoms with Crippen LogP contribution in [0.4, 0.5) is 0 Å². The lowest BCUT2D eigenvalue weighted by Crippen LogP contribution is -2.34. The fourth-order valence-corrected chi connectivity index (χ4v) is 4.31. The first-order chi connectivity index (χ1) is 15.7. The number of hydrogen-bond acceptors (Lipinski definition) is 5. The van der Waals surface area contributed by atoms with E-state index in [2.05, 4.69) is 0 Å². The molecular weight excluding hydrogens is 404 g/mol. The van der Waals surface area contributed by atoms with Crippen molar-refractivity contribution >= 4 is 0 Å². The maximum atomic E-state index is 12.6. The standard InChI is InChI=1S/C27H22O5/c1-30-22-14-8-16-24(31-19-10-3-2-4-11-19)26(22)27(29)20-12-5-6-13-21(20)32-23-15-7-9-18(17-28)25(23)27/h2-16,28-29H,17H2,1H3. The number of aliphatic hydroxyl groups excluding tert-OH is 1. The minimum Gasteiger partial charge on any atom is -0.496 e. The van der Waals surface area contributed by atoms with Crippen LogP contribution in [-0.2, 0) is 12.2 Å². The molecule has 0 radical (unpaired) electrons. The third kappa shape index (κ3) is 3.11. The Kier molecular flexibility index (Phi) is 5.05. The molecule has 5 nitrogen and oxygen atoms in total. The zero-order valence-corrected chi connectivity index (χ0v) is 17.5. The Hall–Kier alpha value is -3.80. The summed E-state index contributed by atoms with van der Waals surface area (Å²) in [5, 5.41) is 22.7. The highest BCUT2D eigenvalue weighted by Gasteiger charge is 2.47. The summed E-state index contributed by atoms with van der Waals surface area (Å²) in [6.45, 7) is -0.263. The van der Waals surface area contributed by atoms with Crippen LogP contribution in [0.2, 0.25) is 0 Å². The molecule has 1 aliphatic heterocycles. The van der Waals surface area contributed by atoms with Crippen molar-refractivity contribution in [1.82, 2.24) is 0 Å². The van der Waals surface area contributed by atoms with Crippen molar-refractivity contribution in [3.63, 3.8) is 0 Å². The molecule has 1 atom stereocenters. The Balaban J connectivity index is 1.84. The molecule has 4 aromatic rings. The van der Waals surface area contributed by atoms with Gasteiger partial charge in [0.2, 0.25) is 0 Å². The molecule has 32 heavy (non-hydrogen) atoms. The van der Waals surface area contributed by atoms with E-state index >= 15 is 0 Å². The van der Waals surface area contributed by atoms with E-state index in [1.807, 2.05) is 60.7 Å². The highest BCUT2D eigenvalue weighted by Crippen LogP contribution is 2.55. The Morgan fingerprint density at radius 2 is 1.44 bits per heavy atom. The zero-order chi connectivity index (χ0) is 22.1. The largest absolute Gasteiger partial charge is 0.496 e. The van der Waals surface area contributed by atoms with Crippen LogP contribution in [0.3, 0.4) is 0 Å². The van der Waals surface area contributed by atoms with Crippen LogP contribution >= 0.6 is 0 Å². The molecule has 2 N–H and O–H groups in total. The van der Waals surface area contributed by atoms with E-state index in [-0.39, 0.29) is 6.61 Å². The number of ether oxygens (including phenoxy) is 3. The quantitative estimate of drug-likeness (QED) is 0.449. The van der Waals surface area contributed by atoms with Crippen molar-refractivity contribution in [3.8, 4) is 28.7 Å². The van der Waals surface area contributed by atoms with Gasteiger partial charge in [-0.05, 0) is 42.0 Å². The molecule has 5 heteroatoms. The van der Waals surface area contributed by atoms with Crippen LogP contribution in [0.1, 0.15) is 22.3 Å². The Labute approximate surface area is 186 Å². The first-order valence-corrected chi connectivity index (χ1v) is 10.3. The van der Waals surface area contributed by atoms with Gasteiger partial charge in [0.1, 0.15) is 28.7 Å². The van der Waals surface area contributed by atoms with Gasteiger partial charge in [0.25, 0.3) is 0 Å². The number of aliphatic hydroxyl groups is 2. The van der Waals surface area contributed by atoms with Crippen molar-refractivity contribution in [3.05, 3.63) is 113 Å². The molecule has 0 aliphatic carbocycles. The van der Waals surface area contributed by atoms with Gasteiger partial charge in [0, 0.05) is 11.1 Å². The maximum absolute atomic E-state index is 12.6. The summed E-state index contributed by atoms with van der Waals surface area (Å²) < 4.78 is 18.0. The fourth-order valence-electron chi connectivity index (χ4n) is 4.31. The molecule has 0 spiro atoms. The van der Waals surface area contributed by atoms with Gasteiger partial charge in [-0.15, -0.1) is 0 Å². The molecule has 0 saturated heterocycles. The predicted octanol–water partition coefficient (Wildman–Crippen LogP) is 5.37. The summed E-state index contributed by atoms with van der Waals surface area (Å²) in [7, 11) is 1.55. The lowest BCUT2D eigenvalue weighted by atomic mass is 9.75. The lowest BCUT2D eigenvalue weighted by Gasteiger charge is -2.38. The van der Waals surface area contributed by atoms with Crippen molar-refractivity contribution < 1.29 is 24.4 Å². The monoisotopic (exact) mass is 426 g/mol. The van der Waals surface area contributed by atoms with E-state index in [9.17, 15) is 10.2 Å². The molecule has 0 bridgehead atoms. The van der Waals surface area contributed by atoms with Crippen molar-refractivity contribution in [1.29, 1.82) is 0 Å². The third-order valence-corrected chi connectivity index (χ3v) is 5.68. The SMILES string of the molecule is COc1cccc(Oc2ccccc2)c1C1(O)c2ccccc2Oc2cccc(CO)c21. The number of methoxy groups -OCH3 is 1. The number of benzene rings is 4. The van der Waals surface area contributed by atoms with E-state index in [0.717, 1.165) is 0 Å². The van der Waals surface area contributed by atoms with Crippen LogP contribution in [-0.4, -0.2) is 17.3 Å². The lowest BCUT2D eigenvalue weighted by molar-refractivity contribution is 0.103. The molecule has 1 heterocycles. The van der Waals surface area contributed by atoms with Gasteiger partial charge < -0.3 is 24.4 Å². The van der Waals surface area contributed by atoms with Crippen LogP contribution < -0.4 is 14.2 Å². The predicted molar refractivity (Wildman–Crippen MR) is 120 cm³/mol. The molecule has 0 aromatic heterocycles. The van der Waals surface area contributed by atoms with Gasteiger partial charge in [0.05, 0.1) is 19.3 Å². The van der Waals surface area contributed by atoms with Crippen LogP contribution in [0.5, 0.6) is 28.7 Å². The second kappa shape index (κ2) is 8.04. The fraction of sp³-hybridized carbons (Fsp3) is 0.111. The van der Waals surface area contributed by atoms with Gasteiger partial charge in [-0.25, -0.2) is 0 Å². The van der Waals surface area contributed by atoms with Gasteiger partial charge in [0.15, 0.2) is 5.60 Å². The van der Waals surface area contributed by atoms with E-state index < -0.39 is 5.60 Å². The topological polar surface area (TPSA) is 68.2 Å².